The standard InChI is InChI=1S/C24H19N3O5S/c1-30-21-8-3-2-7-19(21)25-24-26(13-16-9-10-22-23(11-16)32-15-31-22)20(14-33-24)17-5-4-6-18(12-17)27(28)29/h2-12,14H,13,15H2,1H3. The Hall–Kier alpha value is -4.11. The summed E-state index contributed by atoms with van der Waals surface area (Å²) in [7, 11) is 1.61. The van der Waals surface area contributed by atoms with Gasteiger partial charge < -0.3 is 18.8 Å². The molecule has 0 spiro atoms. The number of non-ortho nitro benzene ring substituents is 1. The number of nitro groups is 1. The molecule has 4 aromatic rings. The normalized spacial score (nSPS) is 12.7. The summed E-state index contributed by atoms with van der Waals surface area (Å²) in [6.07, 6.45) is 0. The monoisotopic (exact) mass is 461 g/mol. The van der Waals surface area contributed by atoms with Crippen LogP contribution in [0.2, 0.25) is 0 Å². The molecule has 0 radical (unpaired) electrons. The summed E-state index contributed by atoms with van der Waals surface area (Å²) >= 11 is 1.46. The van der Waals surface area contributed by atoms with Crippen LogP contribution >= 0.6 is 11.3 Å². The minimum atomic E-state index is -0.391. The lowest BCUT2D eigenvalue weighted by molar-refractivity contribution is -0.384. The Bertz CT molecular complexity index is 1410. The molecule has 3 aromatic carbocycles. The highest BCUT2D eigenvalue weighted by atomic mass is 32.1. The molecule has 0 amide bonds. The molecule has 0 bridgehead atoms. The zero-order chi connectivity index (χ0) is 22.8. The Morgan fingerprint density at radius 1 is 1.09 bits per heavy atom. The fourth-order valence-corrected chi connectivity index (χ4v) is 4.55. The maximum absolute atomic E-state index is 11.3. The number of aromatic nitrogens is 1. The number of ether oxygens (including phenoxy) is 3. The van der Waals surface area contributed by atoms with Crippen LogP contribution in [0, 0.1) is 10.1 Å². The number of fused-ring (bicyclic) bond motifs is 1. The summed E-state index contributed by atoms with van der Waals surface area (Å²) in [6.45, 7) is 0.698. The van der Waals surface area contributed by atoms with Gasteiger partial charge in [0.2, 0.25) is 6.79 Å². The van der Waals surface area contributed by atoms with E-state index in [0.717, 1.165) is 21.6 Å². The average molecular weight is 461 g/mol. The van der Waals surface area contributed by atoms with E-state index >= 15 is 0 Å². The molecule has 5 rings (SSSR count). The van der Waals surface area contributed by atoms with Crippen LogP contribution in [-0.2, 0) is 6.54 Å². The number of hydrogen-bond donors (Lipinski definition) is 0. The van der Waals surface area contributed by atoms with Crippen LogP contribution in [0.4, 0.5) is 11.4 Å². The number of nitrogens with zero attached hydrogens (tertiary/aromatic N) is 3. The van der Waals surface area contributed by atoms with Crippen molar-refractivity contribution in [2.75, 3.05) is 13.9 Å². The first-order chi connectivity index (χ1) is 16.1. The molecule has 1 aliphatic rings. The summed E-state index contributed by atoms with van der Waals surface area (Å²) in [5, 5.41) is 13.3. The van der Waals surface area contributed by atoms with Crippen molar-refractivity contribution < 1.29 is 19.1 Å². The van der Waals surface area contributed by atoms with Gasteiger partial charge in [-0.25, -0.2) is 4.99 Å². The lowest BCUT2D eigenvalue weighted by atomic mass is 10.1. The van der Waals surface area contributed by atoms with Gasteiger partial charge in [-0.1, -0.05) is 30.3 Å². The number of nitro benzene ring substituents is 1. The van der Waals surface area contributed by atoms with Crippen LogP contribution in [-0.4, -0.2) is 23.4 Å². The Morgan fingerprint density at radius 2 is 1.94 bits per heavy atom. The van der Waals surface area contributed by atoms with Gasteiger partial charge in [0.25, 0.3) is 5.69 Å². The van der Waals surface area contributed by atoms with Crippen LogP contribution in [0.25, 0.3) is 11.3 Å². The molecule has 166 valence electrons. The number of rotatable bonds is 6. The van der Waals surface area contributed by atoms with E-state index in [2.05, 4.69) is 0 Å². The van der Waals surface area contributed by atoms with E-state index in [1.54, 1.807) is 19.2 Å². The molecule has 0 unspecified atom stereocenters. The molecule has 33 heavy (non-hydrogen) atoms. The maximum atomic E-state index is 11.3. The molecule has 1 aromatic heterocycles. The largest absolute Gasteiger partial charge is 0.494 e. The Kier molecular flexibility index (Phi) is 5.54. The first kappa shape index (κ1) is 20.8. The Balaban J connectivity index is 1.65. The van der Waals surface area contributed by atoms with Crippen LogP contribution < -0.4 is 19.0 Å². The summed E-state index contributed by atoms with van der Waals surface area (Å²) in [5.41, 5.74) is 3.30. The predicted octanol–water partition coefficient (Wildman–Crippen LogP) is 5.14. The van der Waals surface area contributed by atoms with Crippen molar-refractivity contribution in [3.8, 4) is 28.5 Å². The molecule has 0 aliphatic carbocycles. The number of benzene rings is 3. The molecule has 9 heteroatoms. The molecule has 0 saturated carbocycles. The van der Waals surface area contributed by atoms with E-state index in [-0.39, 0.29) is 12.5 Å². The summed E-state index contributed by atoms with van der Waals surface area (Å²) in [4.78, 5) is 16.5. The van der Waals surface area contributed by atoms with E-state index in [1.807, 2.05) is 58.5 Å². The molecular formula is C24H19N3O5S. The second-order valence-electron chi connectivity index (χ2n) is 7.27. The first-order valence-electron chi connectivity index (χ1n) is 10.1. The van der Waals surface area contributed by atoms with Gasteiger partial charge in [0.15, 0.2) is 16.3 Å². The second-order valence-corrected chi connectivity index (χ2v) is 8.10. The van der Waals surface area contributed by atoms with Gasteiger partial charge in [-0.15, -0.1) is 11.3 Å². The quantitative estimate of drug-likeness (QED) is 0.293. The number of thiazole rings is 1. The zero-order valence-corrected chi connectivity index (χ0v) is 18.5. The Morgan fingerprint density at radius 3 is 2.79 bits per heavy atom. The van der Waals surface area contributed by atoms with Crippen molar-refractivity contribution >= 4 is 22.7 Å². The van der Waals surface area contributed by atoms with Crippen LogP contribution in [0.5, 0.6) is 17.2 Å². The van der Waals surface area contributed by atoms with Crippen molar-refractivity contribution in [1.82, 2.24) is 4.57 Å². The van der Waals surface area contributed by atoms with Gasteiger partial charge in [-0.3, -0.25) is 10.1 Å². The smallest absolute Gasteiger partial charge is 0.270 e. The SMILES string of the molecule is COc1ccccc1N=c1scc(-c2cccc([N+](=O)[O-])c2)n1Cc1ccc2c(c1)OCO2. The third kappa shape index (κ3) is 4.18. The Labute approximate surface area is 193 Å². The zero-order valence-electron chi connectivity index (χ0n) is 17.6. The first-order valence-corrected chi connectivity index (χ1v) is 11.0. The molecule has 8 nitrogen and oxygen atoms in total. The molecule has 2 heterocycles. The van der Waals surface area contributed by atoms with Crippen LogP contribution in [0.3, 0.4) is 0 Å². The second kappa shape index (κ2) is 8.79. The number of hydrogen-bond acceptors (Lipinski definition) is 7. The molecule has 0 atom stereocenters. The minimum absolute atomic E-state index is 0.0385. The maximum Gasteiger partial charge on any atom is 0.270 e. The van der Waals surface area contributed by atoms with Gasteiger partial charge in [-0.05, 0) is 29.8 Å². The van der Waals surface area contributed by atoms with Crippen molar-refractivity contribution in [2.24, 2.45) is 4.99 Å². The van der Waals surface area contributed by atoms with E-state index in [4.69, 9.17) is 19.2 Å². The number of para-hydroxylation sites is 2. The van der Waals surface area contributed by atoms with Crippen molar-refractivity contribution in [3.63, 3.8) is 0 Å². The van der Waals surface area contributed by atoms with Gasteiger partial charge in [-0.2, -0.15) is 0 Å². The van der Waals surface area contributed by atoms with Crippen LogP contribution in [0.1, 0.15) is 5.56 Å². The fraction of sp³-hybridized carbons (Fsp3) is 0.125. The highest BCUT2D eigenvalue weighted by Gasteiger charge is 2.16. The lowest BCUT2D eigenvalue weighted by Gasteiger charge is -2.11. The van der Waals surface area contributed by atoms with Gasteiger partial charge in [0.1, 0.15) is 11.4 Å². The van der Waals surface area contributed by atoms with Crippen LogP contribution in [0.15, 0.2) is 77.1 Å². The third-order valence-electron chi connectivity index (χ3n) is 5.23. The highest BCUT2D eigenvalue weighted by molar-refractivity contribution is 7.07. The van der Waals surface area contributed by atoms with Crippen molar-refractivity contribution in [1.29, 1.82) is 0 Å². The molecule has 0 N–H and O–H groups in total. The summed E-state index contributed by atoms with van der Waals surface area (Å²) in [5.74, 6) is 2.08. The van der Waals surface area contributed by atoms with Gasteiger partial charge in [0.05, 0.1) is 24.3 Å². The lowest BCUT2D eigenvalue weighted by Crippen LogP contribution is -2.16. The summed E-state index contributed by atoms with van der Waals surface area (Å²) < 4.78 is 18.4. The summed E-state index contributed by atoms with van der Waals surface area (Å²) in [6, 6.07) is 19.9. The minimum Gasteiger partial charge on any atom is -0.494 e. The van der Waals surface area contributed by atoms with Crippen molar-refractivity contribution in [3.05, 3.63) is 92.6 Å². The highest BCUT2D eigenvalue weighted by Crippen LogP contribution is 2.33. The molecule has 1 aliphatic heterocycles. The van der Waals surface area contributed by atoms with Crippen molar-refractivity contribution in [2.45, 2.75) is 6.54 Å². The van der Waals surface area contributed by atoms with Gasteiger partial charge >= 0.3 is 0 Å². The molecular weight excluding hydrogens is 442 g/mol. The molecule has 0 saturated heterocycles. The van der Waals surface area contributed by atoms with Gasteiger partial charge in [0, 0.05) is 23.1 Å². The fourth-order valence-electron chi connectivity index (χ4n) is 3.63. The number of methoxy groups -OCH3 is 1. The molecule has 0 fully saturated rings. The van der Waals surface area contributed by atoms with E-state index in [0.29, 0.717) is 29.5 Å². The topological polar surface area (TPSA) is 88.1 Å². The average Bonchev–Trinajstić information content (AvgIpc) is 3.46. The third-order valence-corrected chi connectivity index (χ3v) is 6.09. The van der Waals surface area contributed by atoms with E-state index in [1.165, 1.54) is 17.4 Å². The van der Waals surface area contributed by atoms with E-state index < -0.39 is 4.92 Å². The predicted molar refractivity (Wildman–Crippen MR) is 124 cm³/mol. The van der Waals surface area contributed by atoms with E-state index in [9.17, 15) is 10.1 Å².